The standard InChI is InChI=1S/C15H24N2/c1-3-4-13-5-7-14(8-6-13)12-17(2)15-9-10-16-11-15/h5-8,15-16H,3-4,9-12H2,1-2H3. The molecule has 1 N–H and O–H groups in total. The molecule has 2 rings (SSSR count). The molecule has 1 aromatic carbocycles. The molecule has 1 aromatic rings. The Labute approximate surface area is 105 Å². The molecule has 0 amide bonds. The number of benzene rings is 1. The minimum Gasteiger partial charge on any atom is -0.315 e. The van der Waals surface area contributed by atoms with Crippen LogP contribution in [0, 0.1) is 0 Å². The summed E-state index contributed by atoms with van der Waals surface area (Å²) in [6.45, 7) is 5.61. The summed E-state index contributed by atoms with van der Waals surface area (Å²) in [5, 5.41) is 3.42. The molecule has 1 unspecified atom stereocenters. The Kier molecular flexibility index (Phi) is 4.57. The lowest BCUT2D eigenvalue weighted by Crippen LogP contribution is -2.32. The van der Waals surface area contributed by atoms with Crippen molar-refractivity contribution in [3.8, 4) is 0 Å². The second-order valence-corrected chi connectivity index (χ2v) is 5.13. The fourth-order valence-corrected chi connectivity index (χ4v) is 2.53. The van der Waals surface area contributed by atoms with Crippen molar-refractivity contribution in [1.82, 2.24) is 10.2 Å². The highest BCUT2D eigenvalue weighted by Gasteiger charge is 2.18. The van der Waals surface area contributed by atoms with Crippen molar-refractivity contribution in [3.63, 3.8) is 0 Å². The minimum absolute atomic E-state index is 0.713. The van der Waals surface area contributed by atoms with E-state index in [-0.39, 0.29) is 0 Å². The fraction of sp³-hybridized carbons (Fsp3) is 0.600. The number of nitrogens with zero attached hydrogens (tertiary/aromatic N) is 1. The van der Waals surface area contributed by atoms with E-state index in [1.54, 1.807) is 0 Å². The molecule has 0 radical (unpaired) electrons. The molecule has 0 aliphatic carbocycles. The first-order valence-corrected chi connectivity index (χ1v) is 6.78. The molecule has 1 aliphatic rings. The highest BCUT2D eigenvalue weighted by atomic mass is 15.2. The molecule has 2 heteroatoms. The molecule has 17 heavy (non-hydrogen) atoms. The van der Waals surface area contributed by atoms with Crippen LogP contribution in [0.5, 0.6) is 0 Å². The highest BCUT2D eigenvalue weighted by molar-refractivity contribution is 5.22. The molecular formula is C15H24N2. The van der Waals surface area contributed by atoms with E-state index < -0.39 is 0 Å². The molecule has 0 spiro atoms. The van der Waals surface area contributed by atoms with Gasteiger partial charge < -0.3 is 5.32 Å². The molecule has 94 valence electrons. The second-order valence-electron chi connectivity index (χ2n) is 5.13. The maximum Gasteiger partial charge on any atom is 0.0234 e. The van der Waals surface area contributed by atoms with Crippen LogP contribution in [-0.2, 0) is 13.0 Å². The van der Waals surface area contributed by atoms with E-state index in [1.807, 2.05) is 0 Å². The van der Waals surface area contributed by atoms with Gasteiger partial charge >= 0.3 is 0 Å². The second kappa shape index (κ2) is 6.18. The van der Waals surface area contributed by atoms with E-state index in [0.29, 0.717) is 6.04 Å². The Morgan fingerprint density at radius 1 is 1.24 bits per heavy atom. The molecule has 1 saturated heterocycles. The maximum absolute atomic E-state index is 3.42. The van der Waals surface area contributed by atoms with Crippen LogP contribution in [0.2, 0.25) is 0 Å². The summed E-state index contributed by atoms with van der Waals surface area (Å²) in [4.78, 5) is 2.47. The van der Waals surface area contributed by atoms with E-state index in [2.05, 4.69) is 48.5 Å². The minimum atomic E-state index is 0.713. The van der Waals surface area contributed by atoms with Gasteiger partial charge in [-0.3, -0.25) is 4.90 Å². The molecule has 1 fully saturated rings. The Hall–Kier alpha value is -0.860. The lowest BCUT2D eigenvalue weighted by atomic mass is 10.1. The zero-order valence-electron chi connectivity index (χ0n) is 11.1. The van der Waals surface area contributed by atoms with Crippen molar-refractivity contribution in [1.29, 1.82) is 0 Å². The Bertz CT molecular complexity index is 325. The van der Waals surface area contributed by atoms with Crippen LogP contribution in [0.4, 0.5) is 0 Å². The Morgan fingerprint density at radius 3 is 2.53 bits per heavy atom. The molecule has 2 nitrogen and oxygen atoms in total. The van der Waals surface area contributed by atoms with Gasteiger partial charge in [0.25, 0.3) is 0 Å². The predicted molar refractivity (Wildman–Crippen MR) is 73.2 cm³/mol. The van der Waals surface area contributed by atoms with Crippen molar-refractivity contribution in [2.24, 2.45) is 0 Å². The average molecular weight is 232 g/mol. The van der Waals surface area contributed by atoms with Crippen molar-refractivity contribution >= 4 is 0 Å². The summed E-state index contributed by atoms with van der Waals surface area (Å²) in [6, 6.07) is 9.83. The van der Waals surface area contributed by atoms with Crippen molar-refractivity contribution in [3.05, 3.63) is 35.4 Å². The third kappa shape index (κ3) is 3.55. The van der Waals surface area contributed by atoms with E-state index in [1.165, 1.54) is 36.9 Å². The van der Waals surface area contributed by atoms with Crippen LogP contribution in [0.25, 0.3) is 0 Å². The zero-order valence-corrected chi connectivity index (χ0v) is 11.1. The lowest BCUT2D eigenvalue weighted by molar-refractivity contribution is 0.249. The van der Waals surface area contributed by atoms with Crippen molar-refractivity contribution in [2.75, 3.05) is 20.1 Å². The SMILES string of the molecule is CCCc1ccc(CN(C)C2CCNC2)cc1. The molecule has 1 heterocycles. The third-order valence-corrected chi connectivity index (χ3v) is 3.65. The smallest absolute Gasteiger partial charge is 0.0234 e. The summed E-state index contributed by atoms with van der Waals surface area (Å²) < 4.78 is 0. The quantitative estimate of drug-likeness (QED) is 0.839. The van der Waals surface area contributed by atoms with Gasteiger partial charge in [-0.1, -0.05) is 37.6 Å². The Balaban J connectivity index is 1.89. The van der Waals surface area contributed by atoms with Gasteiger partial charge in [0.15, 0.2) is 0 Å². The molecule has 0 saturated carbocycles. The summed E-state index contributed by atoms with van der Waals surface area (Å²) in [5.41, 5.74) is 2.89. The largest absolute Gasteiger partial charge is 0.315 e. The topological polar surface area (TPSA) is 15.3 Å². The van der Waals surface area contributed by atoms with Crippen LogP contribution < -0.4 is 5.32 Å². The summed E-state index contributed by atoms with van der Waals surface area (Å²) in [6.07, 6.45) is 3.71. The predicted octanol–water partition coefficient (Wildman–Crippen LogP) is 2.43. The van der Waals surface area contributed by atoms with Crippen molar-refractivity contribution in [2.45, 2.75) is 38.8 Å². The van der Waals surface area contributed by atoms with Gasteiger partial charge in [-0.15, -0.1) is 0 Å². The first-order chi connectivity index (χ1) is 8.29. The first-order valence-electron chi connectivity index (χ1n) is 6.78. The normalized spacial score (nSPS) is 20.1. The van der Waals surface area contributed by atoms with Crippen LogP contribution in [-0.4, -0.2) is 31.1 Å². The van der Waals surface area contributed by atoms with Crippen molar-refractivity contribution < 1.29 is 0 Å². The molecular weight excluding hydrogens is 208 g/mol. The van der Waals surface area contributed by atoms with Gasteiger partial charge in [0.2, 0.25) is 0 Å². The van der Waals surface area contributed by atoms with E-state index in [0.717, 1.165) is 13.1 Å². The van der Waals surface area contributed by atoms with E-state index in [9.17, 15) is 0 Å². The van der Waals surface area contributed by atoms with Crippen LogP contribution >= 0.6 is 0 Å². The molecule has 0 bridgehead atoms. The van der Waals surface area contributed by atoms with Gasteiger partial charge in [0.05, 0.1) is 0 Å². The number of rotatable bonds is 5. The van der Waals surface area contributed by atoms with E-state index in [4.69, 9.17) is 0 Å². The number of nitrogens with one attached hydrogen (secondary N) is 1. The summed E-state index contributed by atoms with van der Waals surface area (Å²) >= 11 is 0. The Morgan fingerprint density at radius 2 is 1.94 bits per heavy atom. The van der Waals surface area contributed by atoms with Crippen LogP contribution in [0.3, 0.4) is 0 Å². The van der Waals surface area contributed by atoms with Gasteiger partial charge in [-0.25, -0.2) is 0 Å². The maximum atomic E-state index is 3.42. The lowest BCUT2D eigenvalue weighted by Gasteiger charge is -2.23. The number of hydrogen-bond acceptors (Lipinski definition) is 2. The molecule has 1 atom stereocenters. The zero-order chi connectivity index (χ0) is 12.1. The van der Waals surface area contributed by atoms with Crippen LogP contribution in [0.1, 0.15) is 30.9 Å². The number of likely N-dealkylation sites (N-methyl/N-ethyl adjacent to an activating group) is 1. The molecule has 0 aromatic heterocycles. The van der Waals surface area contributed by atoms with Gasteiger partial charge in [-0.2, -0.15) is 0 Å². The third-order valence-electron chi connectivity index (χ3n) is 3.65. The monoisotopic (exact) mass is 232 g/mol. The van der Waals surface area contributed by atoms with Crippen LogP contribution in [0.15, 0.2) is 24.3 Å². The molecule has 1 aliphatic heterocycles. The number of hydrogen-bond donors (Lipinski definition) is 1. The van der Waals surface area contributed by atoms with Gasteiger partial charge in [0.1, 0.15) is 0 Å². The van der Waals surface area contributed by atoms with E-state index >= 15 is 0 Å². The average Bonchev–Trinajstić information content (AvgIpc) is 2.86. The summed E-state index contributed by atoms with van der Waals surface area (Å²) in [5.74, 6) is 0. The van der Waals surface area contributed by atoms with Gasteiger partial charge in [-0.05, 0) is 37.6 Å². The first kappa shape index (κ1) is 12.6. The van der Waals surface area contributed by atoms with Gasteiger partial charge in [0, 0.05) is 19.1 Å². The highest BCUT2D eigenvalue weighted by Crippen LogP contribution is 2.12. The summed E-state index contributed by atoms with van der Waals surface area (Å²) in [7, 11) is 2.23. The number of aryl methyl sites for hydroxylation is 1. The fourth-order valence-electron chi connectivity index (χ4n) is 2.53.